The number of pyridine rings is 1. The lowest BCUT2D eigenvalue weighted by atomic mass is 10.1. The largest absolute Gasteiger partial charge is 0.494 e. The van der Waals surface area contributed by atoms with Crippen LogP contribution >= 0.6 is 0 Å². The van der Waals surface area contributed by atoms with E-state index in [0.29, 0.717) is 17.2 Å². The number of rotatable bonds is 2. The lowest BCUT2D eigenvalue weighted by Gasteiger charge is -2.25. The number of anilines is 1. The van der Waals surface area contributed by atoms with Crippen molar-refractivity contribution in [3.8, 4) is 5.75 Å². The molecular weight excluding hydrogens is 303 g/mol. The Morgan fingerprint density at radius 1 is 1.45 bits per heavy atom. The molecule has 0 amide bonds. The van der Waals surface area contributed by atoms with E-state index in [9.17, 15) is 8.60 Å². The summed E-state index contributed by atoms with van der Waals surface area (Å²) in [6.45, 7) is 3.68. The lowest BCUT2D eigenvalue weighted by molar-refractivity contribution is 0.387. The molecule has 1 aliphatic rings. The average Bonchev–Trinajstić information content (AvgIpc) is 2.66. The SMILES string of the molecule is COc1cc2c(N3CC[S@](=O)C[C@@H](C)C3)ccnc2cc1F. The molecule has 0 saturated carbocycles. The molecule has 1 saturated heterocycles. The van der Waals surface area contributed by atoms with Crippen LogP contribution in [0.2, 0.25) is 0 Å². The van der Waals surface area contributed by atoms with E-state index in [4.69, 9.17) is 4.74 Å². The van der Waals surface area contributed by atoms with Crippen LogP contribution in [0.25, 0.3) is 10.9 Å². The van der Waals surface area contributed by atoms with Crippen molar-refractivity contribution in [1.82, 2.24) is 4.98 Å². The molecule has 0 unspecified atom stereocenters. The highest BCUT2D eigenvalue weighted by Gasteiger charge is 2.21. The number of benzene rings is 1. The number of nitrogens with zero attached hydrogens (tertiary/aromatic N) is 2. The van der Waals surface area contributed by atoms with Gasteiger partial charge in [-0.15, -0.1) is 0 Å². The second-order valence-corrected chi connectivity index (χ2v) is 7.32. The van der Waals surface area contributed by atoms with Gasteiger partial charge in [0.05, 0.1) is 12.6 Å². The van der Waals surface area contributed by atoms with Gasteiger partial charge < -0.3 is 9.64 Å². The van der Waals surface area contributed by atoms with Crippen LogP contribution in [0.5, 0.6) is 5.75 Å². The Labute approximate surface area is 131 Å². The van der Waals surface area contributed by atoms with E-state index in [2.05, 4.69) is 16.8 Å². The third kappa shape index (κ3) is 2.92. The van der Waals surface area contributed by atoms with Gasteiger partial charge >= 0.3 is 0 Å². The van der Waals surface area contributed by atoms with Crippen LogP contribution in [0, 0.1) is 11.7 Å². The first-order valence-corrected chi connectivity index (χ1v) is 8.79. The number of halogens is 1. The molecule has 2 aromatic rings. The standard InChI is InChI=1S/C16H19FN2O2S/c1-11-9-19(5-6-22(20)10-11)15-3-4-18-14-8-13(17)16(21-2)7-12(14)15/h3-4,7-8,11H,5-6,9-10H2,1-2H3/t11-,22-/m0/s1. The van der Waals surface area contributed by atoms with E-state index < -0.39 is 16.6 Å². The molecule has 0 radical (unpaired) electrons. The smallest absolute Gasteiger partial charge is 0.167 e. The fourth-order valence-electron chi connectivity index (χ4n) is 2.92. The Balaban J connectivity index is 2.07. The molecule has 4 nitrogen and oxygen atoms in total. The van der Waals surface area contributed by atoms with Crippen LogP contribution in [0.3, 0.4) is 0 Å². The molecule has 0 N–H and O–H groups in total. The van der Waals surface area contributed by atoms with E-state index in [-0.39, 0.29) is 5.75 Å². The van der Waals surface area contributed by atoms with Crippen molar-refractivity contribution in [2.75, 3.05) is 36.6 Å². The molecule has 2 atom stereocenters. The van der Waals surface area contributed by atoms with E-state index in [1.807, 2.05) is 6.07 Å². The molecule has 1 aliphatic heterocycles. The summed E-state index contributed by atoms with van der Waals surface area (Å²) in [7, 11) is 0.688. The van der Waals surface area contributed by atoms with E-state index in [0.717, 1.165) is 29.9 Å². The fourth-order valence-corrected chi connectivity index (χ4v) is 4.25. The van der Waals surface area contributed by atoms with Gasteiger partial charge in [-0.25, -0.2) is 4.39 Å². The molecule has 1 aromatic heterocycles. The molecule has 0 aliphatic carbocycles. The van der Waals surface area contributed by atoms with Gasteiger partial charge in [0, 0.05) is 58.7 Å². The number of hydrogen-bond acceptors (Lipinski definition) is 4. The lowest BCUT2D eigenvalue weighted by Crippen LogP contribution is -2.29. The zero-order chi connectivity index (χ0) is 15.7. The Morgan fingerprint density at radius 3 is 3.05 bits per heavy atom. The molecule has 22 heavy (non-hydrogen) atoms. The highest BCUT2D eigenvalue weighted by Crippen LogP contribution is 2.31. The predicted molar refractivity (Wildman–Crippen MR) is 87.5 cm³/mol. The van der Waals surface area contributed by atoms with Crippen LogP contribution in [0.1, 0.15) is 6.92 Å². The minimum atomic E-state index is -0.767. The summed E-state index contributed by atoms with van der Waals surface area (Å²) in [4.78, 5) is 6.47. The van der Waals surface area contributed by atoms with Gasteiger partial charge in [-0.1, -0.05) is 6.92 Å². The number of fused-ring (bicyclic) bond motifs is 1. The van der Waals surface area contributed by atoms with Gasteiger partial charge in [0.15, 0.2) is 11.6 Å². The molecule has 0 bridgehead atoms. The van der Waals surface area contributed by atoms with Gasteiger partial charge in [0.2, 0.25) is 0 Å². The van der Waals surface area contributed by atoms with Crippen molar-refractivity contribution in [2.24, 2.45) is 5.92 Å². The maximum atomic E-state index is 13.9. The fraction of sp³-hybridized carbons (Fsp3) is 0.438. The highest BCUT2D eigenvalue weighted by atomic mass is 32.2. The van der Waals surface area contributed by atoms with Gasteiger partial charge in [-0.05, 0) is 18.1 Å². The monoisotopic (exact) mass is 322 g/mol. The Hall–Kier alpha value is -1.69. The van der Waals surface area contributed by atoms with Crippen LogP contribution in [0.4, 0.5) is 10.1 Å². The van der Waals surface area contributed by atoms with Crippen molar-refractivity contribution in [3.63, 3.8) is 0 Å². The van der Waals surface area contributed by atoms with E-state index >= 15 is 0 Å². The van der Waals surface area contributed by atoms with E-state index in [1.54, 1.807) is 12.3 Å². The molecule has 118 valence electrons. The Kier molecular flexibility index (Phi) is 4.29. The van der Waals surface area contributed by atoms with Crippen molar-refractivity contribution >= 4 is 27.4 Å². The van der Waals surface area contributed by atoms with Crippen molar-refractivity contribution < 1.29 is 13.3 Å². The first-order chi connectivity index (χ1) is 10.6. The summed E-state index contributed by atoms with van der Waals surface area (Å²) >= 11 is 0. The zero-order valence-electron chi connectivity index (χ0n) is 12.7. The van der Waals surface area contributed by atoms with Crippen LogP contribution in [-0.4, -0.2) is 40.9 Å². The Bertz CT molecular complexity index is 723. The summed E-state index contributed by atoms with van der Waals surface area (Å²) in [5.74, 6) is 1.55. The maximum Gasteiger partial charge on any atom is 0.167 e. The van der Waals surface area contributed by atoms with E-state index in [1.165, 1.54) is 13.2 Å². The van der Waals surface area contributed by atoms with Crippen LogP contribution in [0.15, 0.2) is 24.4 Å². The Morgan fingerprint density at radius 2 is 2.27 bits per heavy atom. The number of methoxy groups -OCH3 is 1. The number of ether oxygens (including phenoxy) is 1. The van der Waals surface area contributed by atoms with Gasteiger partial charge in [-0.2, -0.15) is 0 Å². The molecule has 1 aromatic carbocycles. The molecule has 0 spiro atoms. The van der Waals surface area contributed by atoms with Gasteiger partial charge in [0.25, 0.3) is 0 Å². The quantitative estimate of drug-likeness (QED) is 0.852. The summed E-state index contributed by atoms with van der Waals surface area (Å²) in [5, 5.41) is 0.862. The van der Waals surface area contributed by atoms with Crippen molar-refractivity contribution in [2.45, 2.75) is 6.92 Å². The number of aromatic nitrogens is 1. The van der Waals surface area contributed by atoms with Crippen molar-refractivity contribution in [1.29, 1.82) is 0 Å². The molecule has 2 heterocycles. The van der Waals surface area contributed by atoms with Crippen LogP contribution in [-0.2, 0) is 10.8 Å². The van der Waals surface area contributed by atoms with Crippen molar-refractivity contribution in [3.05, 3.63) is 30.2 Å². The van der Waals surface area contributed by atoms with Gasteiger partial charge in [-0.3, -0.25) is 9.19 Å². The average molecular weight is 322 g/mol. The minimum Gasteiger partial charge on any atom is -0.494 e. The minimum absolute atomic E-state index is 0.216. The normalized spacial score (nSPS) is 22.6. The highest BCUT2D eigenvalue weighted by molar-refractivity contribution is 7.85. The topological polar surface area (TPSA) is 42.4 Å². The second kappa shape index (κ2) is 6.20. The zero-order valence-corrected chi connectivity index (χ0v) is 13.5. The predicted octanol–water partition coefficient (Wildman–Crippen LogP) is 2.59. The third-order valence-electron chi connectivity index (χ3n) is 3.92. The first kappa shape index (κ1) is 15.2. The number of hydrogen-bond donors (Lipinski definition) is 0. The first-order valence-electron chi connectivity index (χ1n) is 7.30. The third-order valence-corrected chi connectivity index (χ3v) is 5.50. The second-order valence-electron chi connectivity index (χ2n) is 5.70. The molecule has 6 heteroatoms. The summed E-state index contributed by atoms with van der Waals surface area (Å²) in [6, 6.07) is 5.03. The van der Waals surface area contributed by atoms with Gasteiger partial charge in [0.1, 0.15) is 0 Å². The molecule has 1 fully saturated rings. The molecule has 3 rings (SSSR count). The van der Waals surface area contributed by atoms with Crippen LogP contribution < -0.4 is 9.64 Å². The summed E-state index contributed by atoms with van der Waals surface area (Å²) < 4.78 is 30.8. The summed E-state index contributed by atoms with van der Waals surface area (Å²) in [5.41, 5.74) is 1.60. The summed E-state index contributed by atoms with van der Waals surface area (Å²) in [6.07, 6.45) is 1.69. The molecular formula is C16H19FN2O2S. The maximum absolute atomic E-state index is 13.9.